The number of hydrogen-bond acceptors (Lipinski definition) is 2. The van der Waals surface area contributed by atoms with Crippen molar-refractivity contribution in [3.05, 3.63) is 47.6 Å². The standard InChI is InChI=1S/C17H22O2/c1-2-5-14(9-10-17-8-4-11-19-17)12-15-6-3-7-16(18)13-15/h3-4,6-8,12-13,17-18H,2,5,9-11H2,1H3/b14-12+/t17-/m0/s1. The second kappa shape index (κ2) is 7.15. The summed E-state index contributed by atoms with van der Waals surface area (Å²) in [5.41, 5.74) is 2.50. The maximum absolute atomic E-state index is 9.50. The van der Waals surface area contributed by atoms with Crippen LogP contribution >= 0.6 is 0 Å². The van der Waals surface area contributed by atoms with E-state index in [0.29, 0.717) is 5.75 Å². The Morgan fingerprint density at radius 3 is 3.00 bits per heavy atom. The maximum Gasteiger partial charge on any atom is 0.116 e. The largest absolute Gasteiger partial charge is 0.508 e. The quantitative estimate of drug-likeness (QED) is 0.770. The van der Waals surface area contributed by atoms with Crippen molar-refractivity contribution in [2.45, 2.75) is 38.7 Å². The van der Waals surface area contributed by atoms with Gasteiger partial charge < -0.3 is 9.84 Å². The van der Waals surface area contributed by atoms with Crippen molar-refractivity contribution in [1.29, 1.82) is 0 Å². The number of allylic oxidation sites excluding steroid dienone is 1. The first-order valence-corrected chi connectivity index (χ1v) is 7.04. The lowest BCUT2D eigenvalue weighted by Gasteiger charge is -2.11. The Labute approximate surface area is 115 Å². The van der Waals surface area contributed by atoms with Crippen LogP contribution in [0, 0.1) is 0 Å². The van der Waals surface area contributed by atoms with Gasteiger partial charge in [0.25, 0.3) is 0 Å². The number of hydrogen-bond donors (Lipinski definition) is 1. The molecule has 1 heterocycles. The Morgan fingerprint density at radius 2 is 2.32 bits per heavy atom. The lowest BCUT2D eigenvalue weighted by molar-refractivity contribution is 0.121. The highest BCUT2D eigenvalue weighted by atomic mass is 16.5. The molecule has 1 aliphatic rings. The molecule has 0 aliphatic carbocycles. The van der Waals surface area contributed by atoms with Crippen molar-refractivity contribution < 1.29 is 9.84 Å². The monoisotopic (exact) mass is 258 g/mol. The number of rotatable bonds is 6. The summed E-state index contributed by atoms with van der Waals surface area (Å²) in [7, 11) is 0. The fourth-order valence-electron chi connectivity index (χ4n) is 2.39. The van der Waals surface area contributed by atoms with Crippen LogP contribution in [0.25, 0.3) is 6.08 Å². The molecule has 0 amide bonds. The molecule has 102 valence electrons. The SMILES string of the molecule is CCC/C(=C\c1cccc(O)c1)CC[C@@H]1C=CCO1. The van der Waals surface area contributed by atoms with Gasteiger partial charge in [0.05, 0.1) is 12.7 Å². The van der Waals surface area contributed by atoms with Crippen LogP contribution in [0.3, 0.4) is 0 Å². The zero-order valence-electron chi connectivity index (χ0n) is 11.5. The topological polar surface area (TPSA) is 29.5 Å². The van der Waals surface area contributed by atoms with Crippen molar-refractivity contribution >= 4 is 6.08 Å². The molecule has 2 rings (SSSR count). The zero-order chi connectivity index (χ0) is 13.5. The fraction of sp³-hybridized carbons (Fsp3) is 0.412. The predicted molar refractivity (Wildman–Crippen MR) is 79.1 cm³/mol. The van der Waals surface area contributed by atoms with Crippen LogP contribution in [0.2, 0.25) is 0 Å². The first kappa shape index (κ1) is 13.9. The van der Waals surface area contributed by atoms with Gasteiger partial charge in [-0.15, -0.1) is 0 Å². The molecule has 0 aromatic heterocycles. The second-order valence-electron chi connectivity index (χ2n) is 4.99. The summed E-state index contributed by atoms with van der Waals surface area (Å²) in [5, 5.41) is 9.50. The molecule has 0 saturated carbocycles. The number of phenolic OH excluding ortho intramolecular Hbond substituents is 1. The summed E-state index contributed by atoms with van der Waals surface area (Å²) in [5.74, 6) is 0.326. The smallest absolute Gasteiger partial charge is 0.116 e. The minimum absolute atomic E-state index is 0.282. The van der Waals surface area contributed by atoms with Crippen LogP contribution in [0.4, 0.5) is 0 Å². The highest BCUT2D eigenvalue weighted by Gasteiger charge is 2.10. The number of ether oxygens (including phenoxy) is 1. The molecule has 2 heteroatoms. The Kier molecular flexibility index (Phi) is 5.22. The van der Waals surface area contributed by atoms with Gasteiger partial charge >= 0.3 is 0 Å². The van der Waals surface area contributed by atoms with Crippen LogP contribution in [-0.4, -0.2) is 17.8 Å². The van der Waals surface area contributed by atoms with Gasteiger partial charge in [-0.2, -0.15) is 0 Å². The molecular formula is C17H22O2. The summed E-state index contributed by atoms with van der Waals surface area (Å²) in [6.07, 6.45) is 11.1. The van der Waals surface area contributed by atoms with E-state index in [1.807, 2.05) is 18.2 Å². The average Bonchev–Trinajstić information content (AvgIpc) is 2.89. The number of phenols is 1. The summed E-state index contributed by atoms with van der Waals surface area (Å²) in [6.45, 7) is 2.95. The van der Waals surface area contributed by atoms with Gasteiger partial charge in [0.1, 0.15) is 5.75 Å². The van der Waals surface area contributed by atoms with Gasteiger partial charge in [-0.05, 0) is 37.0 Å². The molecular weight excluding hydrogens is 236 g/mol. The highest BCUT2D eigenvalue weighted by Crippen LogP contribution is 2.22. The zero-order valence-corrected chi connectivity index (χ0v) is 11.5. The molecule has 0 fully saturated rings. The molecule has 0 spiro atoms. The van der Waals surface area contributed by atoms with Crippen molar-refractivity contribution in [3.8, 4) is 5.75 Å². The van der Waals surface area contributed by atoms with Crippen molar-refractivity contribution in [1.82, 2.24) is 0 Å². The summed E-state index contributed by atoms with van der Waals surface area (Å²) < 4.78 is 5.57. The van der Waals surface area contributed by atoms with Gasteiger partial charge in [-0.3, -0.25) is 0 Å². The minimum Gasteiger partial charge on any atom is -0.508 e. The van der Waals surface area contributed by atoms with Crippen LogP contribution in [0.15, 0.2) is 42.0 Å². The van der Waals surface area contributed by atoms with Gasteiger partial charge in [-0.25, -0.2) is 0 Å². The van der Waals surface area contributed by atoms with Gasteiger partial charge in [-0.1, -0.05) is 49.3 Å². The molecule has 1 aromatic rings. The summed E-state index contributed by atoms with van der Waals surface area (Å²) in [4.78, 5) is 0. The lowest BCUT2D eigenvalue weighted by atomic mass is 10.00. The van der Waals surface area contributed by atoms with Crippen molar-refractivity contribution in [2.75, 3.05) is 6.61 Å². The van der Waals surface area contributed by atoms with E-state index in [9.17, 15) is 5.11 Å². The summed E-state index contributed by atoms with van der Waals surface area (Å²) in [6, 6.07) is 7.42. The Balaban J connectivity index is 1.99. The average molecular weight is 258 g/mol. The van der Waals surface area contributed by atoms with E-state index in [0.717, 1.165) is 37.9 Å². The van der Waals surface area contributed by atoms with Crippen LogP contribution < -0.4 is 0 Å². The third-order valence-corrected chi connectivity index (χ3v) is 3.32. The van der Waals surface area contributed by atoms with Gasteiger partial charge in [0.2, 0.25) is 0 Å². The molecule has 1 aliphatic heterocycles. The van der Waals surface area contributed by atoms with E-state index < -0.39 is 0 Å². The Bertz CT molecular complexity index is 460. The Morgan fingerprint density at radius 1 is 1.42 bits per heavy atom. The van der Waals surface area contributed by atoms with Crippen molar-refractivity contribution in [2.24, 2.45) is 0 Å². The van der Waals surface area contributed by atoms with E-state index in [2.05, 4.69) is 25.2 Å². The van der Waals surface area contributed by atoms with E-state index in [1.165, 1.54) is 5.57 Å². The lowest BCUT2D eigenvalue weighted by Crippen LogP contribution is -2.04. The summed E-state index contributed by atoms with van der Waals surface area (Å²) >= 11 is 0. The third-order valence-electron chi connectivity index (χ3n) is 3.32. The molecule has 0 unspecified atom stereocenters. The molecule has 0 bridgehead atoms. The minimum atomic E-state index is 0.282. The molecule has 19 heavy (non-hydrogen) atoms. The molecule has 1 N–H and O–H groups in total. The normalized spacial score (nSPS) is 19.0. The van der Waals surface area contributed by atoms with Crippen molar-refractivity contribution in [3.63, 3.8) is 0 Å². The Hall–Kier alpha value is -1.54. The second-order valence-corrected chi connectivity index (χ2v) is 4.99. The van der Waals surface area contributed by atoms with Gasteiger partial charge in [0, 0.05) is 0 Å². The molecule has 1 aromatic carbocycles. The van der Waals surface area contributed by atoms with Crippen LogP contribution in [-0.2, 0) is 4.74 Å². The third kappa shape index (κ3) is 4.56. The first-order valence-electron chi connectivity index (χ1n) is 7.04. The van der Waals surface area contributed by atoms with E-state index >= 15 is 0 Å². The fourth-order valence-corrected chi connectivity index (χ4v) is 2.39. The van der Waals surface area contributed by atoms with Crippen LogP contribution in [0.5, 0.6) is 5.75 Å². The molecule has 0 saturated heterocycles. The maximum atomic E-state index is 9.50. The van der Waals surface area contributed by atoms with Crippen LogP contribution in [0.1, 0.15) is 38.2 Å². The van der Waals surface area contributed by atoms with E-state index in [-0.39, 0.29) is 6.10 Å². The predicted octanol–water partition coefficient (Wildman–Crippen LogP) is 4.31. The molecule has 0 radical (unpaired) electrons. The van der Waals surface area contributed by atoms with E-state index in [4.69, 9.17) is 4.74 Å². The van der Waals surface area contributed by atoms with E-state index in [1.54, 1.807) is 6.07 Å². The molecule has 1 atom stereocenters. The number of aromatic hydroxyl groups is 1. The molecule has 2 nitrogen and oxygen atoms in total. The number of benzene rings is 1. The highest BCUT2D eigenvalue weighted by molar-refractivity contribution is 5.54. The first-order chi connectivity index (χ1) is 9.28. The van der Waals surface area contributed by atoms with Gasteiger partial charge in [0.15, 0.2) is 0 Å².